The molecule has 0 radical (unpaired) electrons. The van der Waals surface area contributed by atoms with Crippen LogP contribution in [0.1, 0.15) is 15.9 Å². The molecule has 4 aromatic rings. The summed E-state index contributed by atoms with van der Waals surface area (Å²) in [5, 5.41) is 11.9. The SMILES string of the molecule is O=C1COc2ccc(C(=O)CSc3nnc(-c4ccco4)n3Cc3ccccc3)cc2N1. The molecule has 32 heavy (non-hydrogen) atoms. The van der Waals surface area contributed by atoms with Crippen LogP contribution in [0.15, 0.2) is 76.5 Å². The van der Waals surface area contributed by atoms with E-state index < -0.39 is 0 Å². The van der Waals surface area contributed by atoms with Crippen molar-refractivity contribution in [3.8, 4) is 17.3 Å². The van der Waals surface area contributed by atoms with Gasteiger partial charge in [0, 0.05) is 5.56 Å². The highest BCUT2D eigenvalue weighted by atomic mass is 32.2. The maximum Gasteiger partial charge on any atom is 0.262 e. The number of thioether (sulfide) groups is 1. The zero-order chi connectivity index (χ0) is 21.9. The minimum atomic E-state index is -0.240. The molecule has 1 amide bonds. The molecule has 0 saturated heterocycles. The monoisotopic (exact) mass is 446 g/mol. The molecular weight excluding hydrogens is 428 g/mol. The van der Waals surface area contributed by atoms with Crippen LogP contribution in [0.3, 0.4) is 0 Å². The molecule has 0 unspecified atom stereocenters. The van der Waals surface area contributed by atoms with Crippen LogP contribution >= 0.6 is 11.8 Å². The molecule has 0 aliphatic carbocycles. The number of amides is 1. The number of nitrogens with one attached hydrogen (secondary N) is 1. The second-order valence-electron chi connectivity index (χ2n) is 7.11. The smallest absolute Gasteiger partial charge is 0.262 e. The highest BCUT2D eigenvalue weighted by Crippen LogP contribution is 2.30. The molecule has 0 fully saturated rings. The van der Waals surface area contributed by atoms with Gasteiger partial charge in [0.25, 0.3) is 5.91 Å². The van der Waals surface area contributed by atoms with Crippen LogP contribution < -0.4 is 10.1 Å². The minimum Gasteiger partial charge on any atom is -0.482 e. The van der Waals surface area contributed by atoms with Crippen molar-refractivity contribution in [1.82, 2.24) is 14.8 Å². The van der Waals surface area contributed by atoms with Crippen LogP contribution in [0, 0.1) is 0 Å². The van der Waals surface area contributed by atoms with Gasteiger partial charge >= 0.3 is 0 Å². The number of ketones is 1. The average Bonchev–Trinajstić information content (AvgIpc) is 3.48. The number of nitrogens with zero attached hydrogens (tertiary/aromatic N) is 3. The van der Waals surface area contributed by atoms with Crippen LogP contribution in [-0.2, 0) is 11.3 Å². The van der Waals surface area contributed by atoms with Crippen molar-refractivity contribution in [2.24, 2.45) is 0 Å². The van der Waals surface area contributed by atoms with Gasteiger partial charge in [0.15, 0.2) is 23.3 Å². The van der Waals surface area contributed by atoms with Gasteiger partial charge in [0.05, 0.1) is 24.2 Å². The van der Waals surface area contributed by atoms with Gasteiger partial charge in [-0.15, -0.1) is 10.2 Å². The van der Waals surface area contributed by atoms with Crippen molar-refractivity contribution < 1.29 is 18.7 Å². The van der Waals surface area contributed by atoms with Gasteiger partial charge in [-0.1, -0.05) is 42.1 Å². The topological polar surface area (TPSA) is 99.2 Å². The van der Waals surface area contributed by atoms with Crippen molar-refractivity contribution in [2.45, 2.75) is 11.7 Å². The van der Waals surface area contributed by atoms with Crippen molar-refractivity contribution in [1.29, 1.82) is 0 Å². The summed E-state index contributed by atoms with van der Waals surface area (Å²) in [4.78, 5) is 24.4. The number of rotatable bonds is 7. The van der Waals surface area contributed by atoms with E-state index in [-0.39, 0.29) is 24.1 Å². The highest BCUT2D eigenvalue weighted by molar-refractivity contribution is 7.99. The molecule has 0 bridgehead atoms. The van der Waals surface area contributed by atoms with Gasteiger partial charge in [-0.05, 0) is 35.9 Å². The number of hydrogen-bond donors (Lipinski definition) is 1. The van der Waals surface area contributed by atoms with Crippen molar-refractivity contribution >= 4 is 29.1 Å². The lowest BCUT2D eigenvalue weighted by Crippen LogP contribution is -2.25. The second kappa shape index (κ2) is 8.72. The highest BCUT2D eigenvalue weighted by Gasteiger charge is 2.20. The van der Waals surface area contributed by atoms with Gasteiger partial charge < -0.3 is 14.5 Å². The number of furan rings is 1. The Labute approximate surface area is 187 Å². The Morgan fingerprint density at radius 3 is 2.78 bits per heavy atom. The Balaban J connectivity index is 1.37. The first-order valence-corrected chi connectivity index (χ1v) is 10.9. The summed E-state index contributed by atoms with van der Waals surface area (Å²) in [6, 6.07) is 18.6. The van der Waals surface area contributed by atoms with Gasteiger partial charge in [0.1, 0.15) is 5.75 Å². The maximum absolute atomic E-state index is 12.8. The van der Waals surface area contributed by atoms with E-state index >= 15 is 0 Å². The lowest BCUT2D eigenvalue weighted by Gasteiger charge is -2.18. The van der Waals surface area contributed by atoms with E-state index in [1.807, 2.05) is 41.0 Å². The maximum atomic E-state index is 12.8. The predicted octanol–water partition coefficient (Wildman–Crippen LogP) is 3.89. The third kappa shape index (κ3) is 4.15. The van der Waals surface area contributed by atoms with Gasteiger partial charge in [0.2, 0.25) is 5.82 Å². The molecule has 0 atom stereocenters. The molecule has 1 N–H and O–H groups in total. The molecule has 0 spiro atoms. The van der Waals surface area contributed by atoms with Gasteiger partial charge in [-0.25, -0.2) is 0 Å². The summed E-state index contributed by atoms with van der Waals surface area (Å²) in [7, 11) is 0. The molecule has 160 valence electrons. The number of carbonyl (C=O) groups is 2. The molecular formula is C23H18N4O4S. The standard InChI is InChI=1S/C23H18N4O4S/c28-18(16-8-9-19-17(11-16)24-21(29)13-31-19)14-32-23-26-25-22(20-7-4-10-30-20)27(23)12-15-5-2-1-3-6-15/h1-11H,12-14H2,(H,24,29). The summed E-state index contributed by atoms with van der Waals surface area (Å²) < 4.78 is 12.8. The minimum absolute atomic E-state index is 0.0226. The summed E-state index contributed by atoms with van der Waals surface area (Å²) in [5.74, 6) is 1.60. The summed E-state index contributed by atoms with van der Waals surface area (Å²) in [6.07, 6.45) is 1.59. The van der Waals surface area contributed by atoms with Crippen LogP contribution in [0.5, 0.6) is 5.75 Å². The first-order valence-electron chi connectivity index (χ1n) is 9.91. The fraction of sp³-hybridized carbons (Fsp3) is 0.130. The van der Waals surface area contributed by atoms with E-state index in [4.69, 9.17) is 9.15 Å². The Morgan fingerprint density at radius 1 is 1.09 bits per heavy atom. The average molecular weight is 446 g/mol. The van der Waals surface area contributed by atoms with E-state index in [1.54, 1.807) is 30.5 Å². The van der Waals surface area contributed by atoms with E-state index in [0.717, 1.165) is 5.56 Å². The van der Waals surface area contributed by atoms with E-state index in [2.05, 4.69) is 15.5 Å². The van der Waals surface area contributed by atoms with Gasteiger partial charge in [-0.2, -0.15) is 0 Å². The third-order valence-corrected chi connectivity index (χ3v) is 5.88. The molecule has 1 aliphatic heterocycles. The van der Waals surface area contributed by atoms with Crippen molar-refractivity contribution in [3.63, 3.8) is 0 Å². The summed E-state index contributed by atoms with van der Waals surface area (Å²) in [6.45, 7) is 0.522. The molecule has 2 aromatic carbocycles. The van der Waals surface area contributed by atoms with E-state index in [9.17, 15) is 9.59 Å². The van der Waals surface area contributed by atoms with E-state index in [1.165, 1.54) is 11.8 Å². The zero-order valence-electron chi connectivity index (χ0n) is 16.9. The Kier molecular flexibility index (Phi) is 5.47. The summed E-state index contributed by atoms with van der Waals surface area (Å²) >= 11 is 1.30. The quantitative estimate of drug-likeness (QED) is 0.340. The number of fused-ring (bicyclic) bond motifs is 1. The molecule has 1 aliphatic rings. The molecule has 9 heteroatoms. The Hall–Kier alpha value is -3.85. The zero-order valence-corrected chi connectivity index (χ0v) is 17.7. The van der Waals surface area contributed by atoms with Crippen LogP contribution in [0.25, 0.3) is 11.6 Å². The number of benzene rings is 2. The lowest BCUT2D eigenvalue weighted by molar-refractivity contribution is -0.118. The van der Waals surface area contributed by atoms with E-state index in [0.29, 0.717) is 40.3 Å². The summed E-state index contributed by atoms with van der Waals surface area (Å²) in [5.41, 5.74) is 2.07. The fourth-order valence-electron chi connectivity index (χ4n) is 3.36. The number of ether oxygens (including phenoxy) is 1. The molecule has 0 saturated carbocycles. The molecule has 8 nitrogen and oxygen atoms in total. The molecule has 5 rings (SSSR count). The second-order valence-corrected chi connectivity index (χ2v) is 8.06. The van der Waals surface area contributed by atoms with Crippen molar-refractivity contribution in [2.75, 3.05) is 17.7 Å². The van der Waals surface area contributed by atoms with Gasteiger partial charge in [-0.3, -0.25) is 14.2 Å². The number of aromatic nitrogens is 3. The number of carbonyl (C=O) groups excluding carboxylic acids is 2. The number of anilines is 1. The largest absolute Gasteiger partial charge is 0.482 e. The third-order valence-electron chi connectivity index (χ3n) is 4.91. The first-order chi connectivity index (χ1) is 15.7. The normalized spacial score (nSPS) is 12.7. The molecule has 3 heterocycles. The predicted molar refractivity (Wildman–Crippen MR) is 119 cm³/mol. The number of Topliss-reactive ketones (excluding diaryl/α,β-unsaturated/α-hetero) is 1. The van der Waals surface area contributed by atoms with Crippen molar-refractivity contribution in [3.05, 3.63) is 78.1 Å². The van der Waals surface area contributed by atoms with Crippen LogP contribution in [0.4, 0.5) is 5.69 Å². The number of hydrogen-bond acceptors (Lipinski definition) is 7. The first kappa shape index (κ1) is 20.1. The molecule has 2 aromatic heterocycles. The fourth-order valence-corrected chi connectivity index (χ4v) is 4.19. The van der Waals surface area contributed by atoms with Crippen LogP contribution in [-0.4, -0.2) is 38.8 Å². The Morgan fingerprint density at radius 2 is 1.97 bits per heavy atom. The lowest BCUT2D eigenvalue weighted by atomic mass is 10.1. The Bertz CT molecular complexity index is 1270. The van der Waals surface area contributed by atoms with Crippen LogP contribution in [0.2, 0.25) is 0 Å².